The second-order valence-corrected chi connectivity index (χ2v) is 8.31. The summed E-state index contributed by atoms with van der Waals surface area (Å²) in [7, 11) is 0. The zero-order valence-corrected chi connectivity index (χ0v) is 16.3. The van der Waals surface area contributed by atoms with Crippen LogP contribution in [0.15, 0.2) is 60.7 Å². The highest BCUT2D eigenvalue weighted by Crippen LogP contribution is 2.19. The first kappa shape index (κ1) is 19.0. The van der Waals surface area contributed by atoms with E-state index in [1.165, 1.54) is 11.1 Å². The van der Waals surface area contributed by atoms with Crippen molar-refractivity contribution in [1.29, 1.82) is 0 Å². The molecule has 4 heteroatoms. The summed E-state index contributed by atoms with van der Waals surface area (Å²) < 4.78 is 0. The van der Waals surface area contributed by atoms with Gasteiger partial charge in [0.2, 0.25) is 5.91 Å². The van der Waals surface area contributed by atoms with Gasteiger partial charge in [-0.1, -0.05) is 60.7 Å². The van der Waals surface area contributed by atoms with Crippen molar-refractivity contribution in [2.75, 3.05) is 13.1 Å². The van der Waals surface area contributed by atoms with Crippen molar-refractivity contribution in [3.8, 4) is 0 Å². The van der Waals surface area contributed by atoms with Crippen LogP contribution in [0.4, 0.5) is 0 Å². The maximum absolute atomic E-state index is 12.5. The lowest BCUT2D eigenvalue weighted by Gasteiger charge is -2.32. The van der Waals surface area contributed by atoms with Crippen molar-refractivity contribution in [2.45, 2.75) is 43.4 Å². The van der Waals surface area contributed by atoms with Crippen LogP contribution in [0, 0.1) is 0 Å². The number of carbonyl (C=O) groups is 1. The average molecular weight is 369 g/mol. The van der Waals surface area contributed by atoms with Gasteiger partial charge in [-0.25, -0.2) is 0 Å². The number of amides is 1. The summed E-state index contributed by atoms with van der Waals surface area (Å²) in [5.74, 6) is 1.05. The Balaban J connectivity index is 1.37. The van der Waals surface area contributed by atoms with E-state index in [9.17, 15) is 4.79 Å². The molecule has 0 saturated carbocycles. The van der Waals surface area contributed by atoms with Crippen LogP contribution >= 0.6 is 11.8 Å². The van der Waals surface area contributed by atoms with Gasteiger partial charge in [-0.15, -0.1) is 11.8 Å². The second kappa shape index (κ2) is 9.79. The van der Waals surface area contributed by atoms with Gasteiger partial charge in [-0.3, -0.25) is 9.69 Å². The van der Waals surface area contributed by atoms with Crippen molar-refractivity contribution in [3.05, 3.63) is 71.8 Å². The fourth-order valence-electron chi connectivity index (χ4n) is 3.27. The molecule has 1 aliphatic heterocycles. The Labute approximate surface area is 161 Å². The van der Waals surface area contributed by atoms with Gasteiger partial charge in [0.1, 0.15) is 0 Å². The van der Waals surface area contributed by atoms with E-state index in [0.717, 1.165) is 38.2 Å². The topological polar surface area (TPSA) is 32.3 Å². The van der Waals surface area contributed by atoms with Crippen molar-refractivity contribution in [2.24, 2.45) is 0 Å². The normalized spacial score (nSPS) is 17.0. The van der Waals surface area contributed by atoms with E-state index >= 15 is 0 Å². The standard InChI is InChI=1S/C22H28N2OS/c1-18(26-17-20-10-6-3-7-11-20)22(25)23-21-12-14-24(15-13-21)16-19-8-4-2-5-9-19/h2-11,18,21H,12-17H2,1H3,(H,23,25). The van der Waals surface area contributed by atoms with Gasteiger partial charge in [0.15, 0.2) is 0 Å². The quantitative estimate of drug-likeness (QED) is 0.799. The molecule has 138 valence electrons. The van der Waals surface area contributed by atoms with Crippen molar-refractivity contribution < 1.29 is 4.79 Å². The van der Waals surface area contributed by atoms with E-state index in [2.05, 4.69) is 52.7 Å². The van der Waals surface area contributed by atoms with Gasteiger partial charge in [-0.2, -0.15) is 0 Å². The maximum atomic E-state index is 12.5. The minimum atomic E-state index is -0.0162. The number of likely N-dealkylation sites (tertiary alicyclic amines) is 1. The molecule has 1 N–H and O–H groups in total. The fraction of sp³-hybridized carbons (Fsp3) is 0.409. The third-order valence-corrected chi connectivity index (χ3v) is 6.11. The molecule has 2 aromatic carbocycles. The largest absolute Gasteiger partial charge is 0.352 e. The second-order valence-electron chi connectivity index (χ2n) is 6.98. The van der Waals surface area contributed by atoms with E-state index in [4.69, 9.17) is 0 Å². The maximum Gasteiger partial charge on any atom is 0.233 e. The third kappa shape index (κ3) is 5.89. The molecule has 26 heavy (non-hydrogen) atoms. The Hall–Kier alpha value is -1.78. The summed E-state index contributed by atoms with van der Waals surface area (Å²) in [4.78, 5) is 14.9. The molecule has 1 amide bonds. The number of thioether (sulfide) groups is 1. The van der Waals surface area contributed by atoms with Crippen LogP contribution in [0.2, 0.25) is 0 Å². The molecule has 1 atom stereocenters. The smallest absolute Gasteiger partial charge is 0.233 e. The average Bonchev–Trinajstić information content (AvgIpc) is 2.69. The summed E-state index contributed by atoms with van der Waals surface area (Å²) in [5.41, 5.74) is 2.63. The highest BCUT2D eigenvalue weighted by atomic mass is 32.2. The molecule has 0 aromatic heterocycles. The summed E-state index contributed by atoms with van der Waals surface area (Å²) >= 11 is 1.71. The molecule has 1 unspecified atom stereocenters. The first-order valence-corrected chi connectivity index (χ1v) is 10.5. The highest BCUT2D eigenvalue weighted by molar-refractivity contribution is 7.99. The van der Waals surface area contributed by atoms with Crippen LogP contribution in [0.25, 0.3) is 0 Å². The van der Waals surface area contributed by atoms with Crippen LogP contribution in [-0.2, 0) is 17.1 Å². The van der Waals surface area contributed by atoms with Crippen molar-refractivity contribution in [1.82, 2.24) is 10.2 Å². The third-order valence-electron chi connectivity index (χ3n) is 4.90. The van der Waals surface area contributed by atoms with Gasteiger partial charge >= 0.3 is 0 Å². The highest BCUT2D eigenvalue weighted by Gasteiger charge is 2.23. The molecule has 0 bridgehead atoms. The number of piperidine rings is 1. The molecule has 0 radical (unpaired) electrons. The molecule has 1 fully saturated rings. The number of rotatable bonds is 7. The van der Waals surface area contributed by atoms with Crippen LogP contribution < -0.4 is 5.32 Å². The Morgan fingerprint density at radius 1 is 1.04 bits per heavy atom. The zero-order chi connectivity index (χ0) is 18.2. The number of hydrogen-bond acceptors (Lipinski definition) is 3. The Morgan fingerprint density at radius 2 is 1.62 bits per heavy atom. The summed E-state index contributed by atoms with van der Waals surface area (Å²) in [6.07, 6.45) is 2.07. The lowest BCUT2D eigenvalue weighted by atomic mass is 10.0. The summed E-state index contributed by atoms with van der Waals surface area (Å²) in [6.45, 7) is 5.11. The van der Waals surface area contributed by atoms with Crippen LogP contribution in [0.3, 0.4) is 0 Å². The number of hydrogen-bond donors (Lipinski definition) is 1. The molecule has 1 saturated heterocycles. The van der Waals surface area contributed by atoms with E-state index in [1.54, 1.807) is 11.8 Å². The molecule has 1 aliphatic rings. The SMILES string of the molecule is CC(SCc1ccccc1)C(=O)NC1CCN(Cc2ccccc2)CC1. The molecule has 3 rings (SSSR count). The van der Waals surface area contributed by atoms with Gasteiger partial charge < -0.3 is 5.32 Å². The molecular weight excluding hydrogens is 340 g/mol. The first-order chi connectivity index (χ1) is 12.7. The van der Waals surface area contributed by atoms with E-state index in [-0.39, 0.29) is 11.2 Å². The Bertz CT molecular complexity index is 669. The van der Waals surface area contributed by atoms with Crippen LogP contribution in [-0.4, -0.2) is 35.2 Å². The van der Waals surface area contributed by atoms with Crippen LogP contribution in [0.5, 0.6) is 0 Å². The van der Waals surface area contributed by atoms with E-state index < -0.39 is 0 Å². The summed E-state index contributed by atoms with van der Waals surface area (Å²) in [6, 6.07) is 21.3. The number of nitrogens with zero attached hydrogens (tertiary/aromatic N) is 1. The van der Waals surface area contributed by atoms with E-state index in [1.807, 2.05) is 25.1 Å². The van der Waals surface area contributed by atoms with Gasteiger partial charge in [0, 0.05) is 31.4 Å². The zero-order valence-electron chi connectivity index (χ0n) is 15.4. The van der Waals surface area contributed by atoms with Crippen molar-refractivity contribution >= 4 is 17.7 Å². The molecule has 0 aliphatic carbocycles. The molecule has 2 aromatic rings. The molecule has 1 heterocycles. The van der Waals surface area contributed by atoms with Gasteiger partial charge in [0.05, 0.1) is 5.25 Å². The molecular formula is C22H28N2OS. The number of nitrogens with one attached hydrogen (secondary N) is 1. The Kier molecular flexibility index (Phi) is 7.15. The minimum Gasteiger partial charge on any atom is -0.352 e. The van der Waals surface area contributed by atoms with Gasteiger partial charge in [-0.05, 0) is 30.9 Å². The lowest BCUT2D eigenvalue weighted by molar-refractivity contribution is -0.121. The molecule has 0 spiro atoms. The predicted molar refractivity (Wildman–Crippen MR) is 110 cm³/mol. The minimum absolute atomic E-state index is 0.0162. The monoisotopic (exact) mass is 368 g/mol. The molecule has 3 nitrogen and oxygen atoms in total. The van der Waals surface area contributed by atoms with E-state index in [0.29, 0.717) is 6.04 Å². The van der Waals surface area contributed by atoms with Crippen LogP contribution in [0.1, 0.15) is 30.9 Å². The number of benzene rings is 2. The Morgan fingerprint density at radius 3 is 2.23 bits per heavy atom. The van der Waals surface area contributed by atoms with Gasteiger partial charge in [0.25, 0.3) is 0 Å². The summed E-state index contributed by atoms with van der Waals surface area (Å²) in [5, 5.41) is 3.24. The lowest BCUT2D eigenvalue weighted by Crippen LogP contribution is -2.46. The fourth-order valence-corrected chi connectivity index (χ4v) is 4.12. The predicted octanol–water partition coefficient (Wildman–Crippen LogP) is 4.09. The van der Waals surface area contributed by atoms with Crippen molar-refractivity contribution in [3.63, 3.8) is 0 Å². The first-order valence-electron chi connectivity index (χ1n) is 9.43. The number of carbonyl (C=O) groups excluding carboxylic acids is 1.